The summed E-state index contributed by atoms with van der Waals surface area (Å²) >= 11 is 0. The molecule has 11 nitrogen and oxygen atoms in total. The number of anilines is 1. The zero-order valence-electron chi connectivity index (χ0n) is 25.5. The van der Waals surface area contributed by atoms with Crippen LogP contribution in [0.25, 0.3) is 45.2 Å². The molecule has 0 aliphatic heterocycles. The molecule has 238 valence electrons. The molecule has 0 aliphatic rings. The highest BCUT2D eigenvalue weighted by Crippen LogP contribution is 2.39. The summed E-state index contributed by atoms with van der Waals surface area (Å²) in [5.74, 6) is 0.402. The Morgan fingerprint density at radius 2 is 1.85 bits per heavy atom. The maximum absolute atomic E-state index is 14.0. The molecular formula is C32H30F3N7O4. The summed E-state index contributed by atoms with van der Waals surface area (Å²) in [4.78, 5) is 23.7. The monoisotopic (exact) mass is 633 g/mol. The van der Waals surface area contributed by atoms with E-state index in [0.717, 1.165) is 6.07 Å². The van der Waals surface area contributed by atoms with Gasteiger partial charge in [0.05, 0.1) is 12.7 Å². The fourth-order valence-corrected chi connectivity index (χ4v) is 4.81. The van der Waals surface area contributed by atoms with E-state index in [9.17, 15) is 23.1 Å². The van der Waals surface area contributed by atoms with Gasteiger partial charge in [-0.2, -0.15) is 18.4 Å². The Bertz CT molecular complexity index is 1940. The molecule has 0 fully saturated rings. The topological polar surface area (TPSA) is 143 Å². The summed E-state index contributed by atoms with van der Waals surface area (Å²) in [5.41, 5.74) is -0.710. The summed E-state index contributed by atoms with van der Waals surface area (Å²) in [5, 5.41) is 27.0. The highest BCUT2D eigenvalue weighted by molar-refractivity contribution is 5.90. The van der Waals surface area contributed by atoms with Gasteiger partial charge in [-0.05, 0) is 68.1 Å². The molecule has 3 heterocycles. The zero-order valence-corrected chi connectivity index (χ0v) is 25.5. The van der Waals surface area contributed by atoms with Crippen LogP contribution >= 0.6 is 0 Å². The third-order valence-electron chi connectivity index (χ3n) is 6.82. The SMILES string of the molecule is Cn1cnnc1-c1ccccc1-c1cc(-c2nc3cc(CO)cc(C(F)(F)F)c3o2)nc(N(CCCC#N)C(=O)OC(C)(C)C)c1. The highest BCUT2D eigenvalue weighted by atomic mass is 19.4. The van der Waals surface area contributed by atoms with Crippen molar-refractivity contribution in [2.24, 2.45) is 7.05 Å². The smallest absolute Gasteiger partial charge is 0.420 e. The lowest BCUT2D eigenvalue weighted by molar-refractivity contribution is -0.136. The van der Waals surface area contributed by atoms with Crippen molar-refractivity contribution in [2.45, 2.75) is 52.0 Å². The van der Waals surface area contributed by atoms with E-state index in [4.69, 9.17) is 14.4 Å². The van der Waals surface area contributed by atoms with E-state index >= 15 is 0 Å². The molecule has 5 rings (SSSR count). The molecule has 0 unspecified atom stereocenters. The number of hydrogen-bond donors (Lipinski definition) is 1. The van der Waals surface area contributed by atoms with Gasteiger partial charge in [0.15, 0.2) is 11.4 Å². The van der Waals surface area contributed by atoms with Gasteiger partial charge >= 0.3 is 12.3 Å². The minimum Gasteiger partial charge on any atom is -0.443 e. The summed E-state index contributed by atoms with van der Waals surface area (Å²) in [7, 11) is 1.78. The fourth-order valence-electron chi connectivity index (χ4n) is 4.81. The molecule has 0 spiro atoms. The third-order valence-corrected chi connectivity index (χ3v) is 6.82. The Morgan fingerprint density at radius 3 is 2.48 bits per heavy atom. The number of fused-ring (bicyclic) bond motifs is 1. The number of aliphatic hydroxyl groups excluding tert-OH is 1. The number of amides is 1. The van der Waals surface area contributed by atoms with Crippen LogP contribution in [-0.2, 0) is 24.6 Å². The number of carbonyl (C=O) groups excluding carboxylic acids is 1. The van der Waals surface area contributed by atoms with Crippen molar-refractivity contribution in [2.75, 3.05) is 11.4 Å². The van der Waals surface area contributed by atoms with Crippen molar-refractivity contribution < 1.29 is 32.2 Å². The standard InChI is InChI=1S/C32H30F3N7O4/c1-31(2,3)46-30(44)42(12-8-7-11-36)26-16-20(21-9-5-6-10-22(21)28-40-37-18-41(28)4)15-25(38-26)29-39-24-14-19(17-43)13-23(27(24)45-29)32(33,34)35/h5-6,9-10,13-16,18,43H,7-8,12,17H2,1-4H3. The molecule has 14 heteroatoms. The quantitative estimate of drug-likeness (QED) is 0.180. The molecule has 0 bridgehead atoms. The van der Waals surface area contributed by atoms with Gasteiger partial charge in [-0.25, -0.2) is 14.8 Å². The Morgan fingerprint density at radius 1 is 1.11 bits per heavy atom. The fraction of sp³-hybridized carbons (Fsp3) is 0.312. The first kappa shape index (κ1) is 32.1. The maximum Gasteiger partial charge on any atom is 0.420 e. The average molecular weight is 634 g/mol. The number of ether oxygens (including phenoxy) is 1. The van der Waals surface area contributed by atoms with Crippen molar-refractivity contribution in [1.82, 2.24) is 24.7 Å². The number of nitrogens with zero attached hydrogens (tertiary/aromatic N) is 7. The molecular weight excluding hydrogens is 603 g/mol. The molecule has 0 atom stereocenters. The van der Waals surface area contributed by atoms with Crippen LogP contribution in [0.5, 0.6) is 0 Å². The summed E-state index contributed by atoms with van der Waals surface area (Å²) in [6.07, 6.45) is -3.52. The van der Waals surface area contributed by atoms with E-state index < -0.39 is 35.6 Å². The number of aliphatic hydroxyl groups is 1. The van der Waals surface area contributed by atoms with E-state index in [2.05, 4.69) is 26.2 Å². The molecule has 0 aliphatic carbocycles. The van der Waals surface area contributed by atoms with Crippen LogP contribution in [0.3, 0.4) is 0 Å². The molecule has 0 saturated heterocycles. The molecule has 2 aromatic carbocycles. The summed E-state index contributed by atoms with van der Waals surface area (Å²) in [6.45, 7) is 4.56. The first-order valence-corrected chi connectivity index (χ1v) is 14.2. The second kappa shape index (κ2) is 12.6. The molecule has 1 N–H and O–H groups in total. The van der Waals surface area contributed by atoms with Crippen LogP contribution in [0.4, 0.5) is 23.8 Å². The second-order valence-electron chi connectivity index (χ2n) is 11.5. The van der Waals surface area contributed by atoms with Crippen molar-refractivity contribution in [1.29, 1.82) is 5.26 Å². The van der Waals surface area contributed by atoms with Gasteiger partial charge in [0, 0.05) is 25.6 Å². The number of oxazole rings is 1. The molecule has 1 amide bonds. The maximum atomic E-state index is 14.0. The molecule has 0 saturated carbocycles. The molecule has 3 aromatic heterocycles. The zero-order chi connectivity index (χ0) is 33.2. The lowest BCUT2D eigenvalue weighted by atomic mass is 9.99. The summed E-state index contributed by atoms with van der Waals surface area (Å²) in [6, 6.07) is 14.7. The van der Waals surface area contributed by atoms with E-state index in [-0.39, 0.29) is 41.4 Å². The number of pyridine rings is 1. The van der Waals surface area contributed by atoms with Crippen molar-refractivity contribution >= 4 is 23.0 Å². The van der Waals surface area contributed by atoms with Gasteiger partial charge in [-0.15, -0.1) is 10.2 Å². The lowest BCUT2D eigenvalue weighted by Gasteiger charge is -2.27. The number of nitriles is 1. The first-order chi connectivity index (χ1) is 21.8. The number of hydrogen-bond acceptors (Lipinski definition) is 9. The van der Waals surface area contributed by atoms with Gasteiger partial charge in [0.2, 0.25) is 5.89 Å². The van der Waals surface area contributed by atoms with Gasteiger partial charge in [-0.3, -0.25) is 4.90 Å². The number of unbranched alkanes of at least 4 members (excludes halogenated alkanes) is 1. The van der Waals surface area contributed by atoms with E-state index in [1.807, 2.05) is 18.2 Å². The minimum absolute atomic E-state index is 0.00766. The largest absolute Gasteiger partial charge is 0.443 e. The van der Waals surface area contributed by atoms with Crippen LogP contribution in [0, 0.1) is 11.3 Å². The van der Waals surface area contributed by atoms with Gasteiger partial charge < -0.3 is 18.8 Å². The average Bonchev–Trinajstić information content (AvgIpc) is 3.63. The molecule has 46 heavy (non-hydrogen) atoms. The van der Waals surface area contributed by atoms with Crippen LogP contribution in [0.2, 0.25) is 0 Å². The number of carbonyl (C=O) groups is 1. The molecule has 0 radical (unpaired) electrons. The van der Waals surface area contributed by atoms with Gasteiger partial charge in [0.25, 0.3) is 0 Å². The predicted molar refractivity (Wildman–Crippen MR) is 162 cm³/mol. The Kier molecular flexibility index (Phi) is 8.80. The Hall–Kier alpha value is -5.29. The number of benzene rings is 2. The van der Waals surface area contributed by atoms with Crippen LogP contribution < -0.4 is 4.90 Å². The predicted octanol–water partition coefficient (Wildman–Crippen LogP) is 6.91. The number of aryl methyl sites for hydroxylation is 1. The van der Waals surface area contributed by atoms with Crippen molar-refractivity contribution in [3.63, 3.8) is 0 Å². The van der Waals surface area contributed by atoms with Crippen LogP contribution in [-0.4, -0.2) is 48.1 Å². The Labute approximate surface area is 261 Å². The number of aromatic nitrogens is 5. The van der Waals surface area contributed by atoms with Gasteiger partial charge in [0.1, 0.15) is 34.5 Å². The van der Waals surface area contributed by atoms with E-state index in [1.165, 1.54) is 11.0 Å². The molecule has 5 aromatic rings. The highest BCUT2D eigenvalue weighted by Gasteiger charge is 2.36. The first-order valence-electron chi connectivity index (χ1n) is 14.2. The number of rotatable bonds is 8. The lowest BCUT2D eigenvalue weighted by Crippen LogP contribution is -2.38. The second-order valence-corrected chi connectivity index (χ2v) is 11.5. The minimum atomic E-state index is -4.79. The van der Waals surface area contributed by atoms with Crippen LogP contribution in [0.15, 0.2) is 59.3 Å². The van der Waals surface area contributed by atoms with E-state index in [0.29, 0.717) is 28.9 Å². The number of halogens is 3. The Balaban J connectivity index is 1.76. The normalized spacial score (nSPS) is 11.9. The van der Waals surface area contributed by atoms with Gasteiger partial charge in [-0.1, -0.05) is 24.3 Å². The van der Waals surface area contributed by atoms with E-state index in [1.54, 1.807) is 56.9 Å². The third kappa shape index (κ3) is 6.84. The number of alkyl halides is 3. The van der Waals surface area contributed by atoms with Crippen molar-refractivity contribution in [3.05, 3.63) is 66.0 Å². The summed E-state index contributed by atoms with van der Waals surface area (Å²) < 4.78 is 55.1. The van der Waals surface area contributed by atoms with Crippen molar-refractivity contribution in [3.8, 4) is 40.2 Å². The van der Waals surface area contributed by atoms with Crippen LogP contribution in [0.1, 0.15) is 44.7 Å².